The summed E-state index contributed by atoms with van der Waals surface area (Å²) in [5, 5.41) is 3.46. The Morgan fingerprint density at radius 1 is 1.50 bits per heavy atom. The van der Waals surface area contributed by atoms with Crippen LogP contribution in [0.5, 0.6) is 0 Å². The van der Waals surface area contributed by atoms with E-state index in [1.54, 1.807) is 6.26 Å². The molecular weight excluding hydrogens is 226 g/mol. The minimum atomic E-state index is 0.525. The highest BCUT2D eigenvalue weighted by molar-refractivity contribution is 5.66. The van der Waals surface area contributed by atoms with Crippen LogP contribution < -0.4 is 5.32 Å². The smallest absolute Gasteiger partial charge is 0.121 e. The summed E-state index contributed by atoms with van der Waals surface area (Å²) >= 11 is 0. The standard InChI is InChI=1S/C14H19N3O/c1-3-9(2)15-8-13-16-11-4-5-12-10(6-7-18-12)14(11)17-13/h6-7,9,15H,3-5,8H2,1-2H3,(H,16,17). The molecule has 0 aliphatic heterocycles. The van der Waals surface area contributed by atoms with Crippen molar-refractivity contribution in [2.45, 2.75) is 45.7 Å². The first-order chi connectivity index (χ1) is 8.78. The Labute approximate surface area is 107 Å². The van der Waals surface area contributed by atoms with E-state index in [1.807, 2.05) is 6.07 Å². The number of nitrogens with one attached hydrogen (secondary N) is 2. The fourth-order valence-electron chi connectivity index (χ4n) is 2.35. The van der Waals surface area contributed by atoms with Crippen molar-refractivity contribution in [1.82, 2.24) is 15.3 Å². The third-order valence-electron chi connectivity index (χ3n) is 3.66. The highest BCUT2D eigenvalue weighted by Crippen LogP contribution is 2.32. The maximum atomic E-state index is 5.47. The predicted molar refractivity (Wildman–Crippen MR) is 70.3 cm³/mol. The van der Waals surface area contributed by atoms with E-state index in [0.29, 0.717) is 6.04 Å². The van der Waals surface area contributed by atoms with Crippen LogP contribution in [-0.4, -0.2) is 16.0 Å². The van der Waals surface area contributed by atoms with Crippen LogP contribution in [0.2, 0.25) is 0 Å². The zero-order valence-corrected chi connectivity index (χ0v) is 10.9. The van der Waals surface area contributed by atoms with Gasteiger partial charge in [0.25, 0.3) is 0 Å². The van der Waals surface area contributed by atoms with Crippen LogP contribution in [0, 0.1) is 0 Å². The summed E-state index contributed by atoms with van der Waals surface area (Å²) in [6, 6.07) is 2.54. The number of imidazole rings is 1. The first-order valence-corrected chi connectivity index (χ1v) is 6.65. The number of aromatic nitrogens is 2. The van der Waals surface area contributed by atoms with Gasteiger partial charge in [0.15, 0.2) is 0 Å². The number of furan rings is 1. The molecule has 3 rings (SSSR count). The zero-order valence-electron chi connectivity index (χ0n) is 10.9. The lowest BCUT2D eigenvalue weighted by molar-refractivity contribution is 0.506. The van der Waals surface area contributed by atoms with Gasteiger partial charge in [0.2, 0.25) is 0 Å². The molecule has 0 bridgehead atoms. The number of hydrogen-bond donors (Lipinski definition) is 2. The van der Waals surface area contributed by atoms with Gasteiger partial charge in [0.05, 0.1) is 18.5 Å². The van der Waals surface area contributed by atoms with E-state index < -0.39 is 0 Å². The van der Waals surface area contributed by atoms with Gasteiger partial charge in [-0.3, -0.25) is 0 Å². The topological polar surface area (TPSA) is 53.9 Å². The van der Waals surface area contributed by atoms with Crippen LogP contribution in [0.15, 0.2) is 16.7 Å². The highest BCUT2D eigenvalue weighted by Gasteiger charge is 2.22. The minimum Gasteiger partial charge on any atom is -0.469 e. The Kier molecular flexibility index (Phi) is 2.96. The van der Waals surface area contributed by atoms with Crippen molar-refractivity contribution >= 4 is 0 Å². The quantitative estimate of drug-likeness (QED) is 0.870. The number of hydrogen-bond acceptors (Lipinski definition) is 3. The highest BCUT2D eigenvalue weighted by atomic mass is 16.3. The SMILES string of the molecule is CCC(C)NCc1nc2c([nH]1)CCc1occc1-2. The number of aryl methyl sites for hydroxylation is 2. The Bertz CT molecular complexity index is 541. The van der Waals surface area contributed by atoms with Gasteiger partial charge in [-0.2, -0.15) is 0 Å². The number of rotatable bonds is 4. The molecule has 2 heterocycles. The lowest BCUT2D eigenvalue weighted by Crippen LogP contribution is -2.24. The van der Waals surface area contributed by atoms with Crippen LogP contribution in [0.4, 0.5) is 0 Å². The average Bonchev–Trinajstić information content (AvgIpc) is 3.00. The van der Waals surface area contributed by atoms with E-state index in [1.165, 1.54) is 5.69 Å². The molecular formula is C14H19N3O. The van der Waals surface area contributed by atoms with Gasteiger partial charge in [-0.05, 0) is 25.8 Å². The summed E-state index contributed by atoms with van der Waals surface area (Å²) in [7, 11) is 0. The van der Waals surface area contributed by atoms with Crippen LogP contribution in [0.1, 0.15) is 37.5 Å². The number of H-pyrrole nitrogens is 1. The van der Waals surface area contributed by atoms with Crippen LogP contribution >= 0.6 is 0 Å². The Morgan fingerprint density at radius 3 is 3.22 bits per heavy atom. The minimum absolute atomic E-state index is 0.525. The van der Waals surface area contributed by atoms with E-state index in [0.717, 1.165) is 48.6 Å². The van der Waals surface area contributed by atoms with Crippen LogP contribution in [0.3, 0.4) is 0 Å². The first-order valence-electron chi connectivity index (χ1n) is 6.65. The molecule has 2 N–H and O–H groups in total. The molecule has 4 heteroatoms. The summed E-state index contributed by atoms with van der Waals surface area (Å²) in [6.07, 6.45) is 4.85. The largest absolute Gasteiger partial charge is 0.469 e. The number of aromatic amines is 1. The third-order valence-corrected chi connectivity index (χ3v) is 3.66. The molecule has 2 aromatic rings. The van der Waals surface area contributed by atoms with Crippen LogP contribution in [-0.2, 0) is 19.4 Å². The summed E-state index contributed by atoms with van der Waals surface area (Å²) in [4.78, 5) is 8.12. The van der Waals surface area contributed by atoms with Crippen molar-refractivity contribution < 1.29 is 4.42 Å². The second-order valence-electron chi connectivity index (χ2n) is 4.96. The molecule has 4 nitrogen and oxygen atoms in total. The van der Waals surface area contributed by atoms with Crippen molar-refractivity contribution in [1.29, 1.82) is 0 Å². The van der Waals surface area contributed by atoms with Gasteiger partial charge < -0.3 is 14.7 Å². The monoisotopic (exact) mass is 245 g/mol. The molecule has 0 spiro atoms. The summed E-state index contributed by atoms with van der Waals surface area (Å²) in [6.45, 7) is 5.18. The normalized spacial score (nSPS) is 15.2. The van der Waals surface area contributed by atoms with E-state index in [-0.39, 0.29) is 0 Å². The van der Waals surface area contributed by atoms with Gasteiger partial charge in [-0.25, -0.2) is 4.98 Å². The molecule has 0 saturated carbocycles. The lowest BCUT2D eigenvalue weighted by atomic mass is 10.00. The predicted octanol–water partition coefficient (Wildman–Crippen LogP) is 2.66. The Morgan fingerprint density at radius 2 is 2.39 bits per heavy atom. The first kappa shape index (κ1) is 11.5. The van der Waals surface area contributed by atoms with E-state index in [9.17, 15) is 0 Å². The van der Waals surface area contributed by atoms with Crippen molar-refractivity contribution in [3.63, 3.8) is 0 Å². The second kappa shape index (κ2) is 4.61. The molecule has 96 valence electrons. The van der Waals surface area contributed by atoms with Crippen molar-refractivity contribution in [3.8, 4) is 11.3 Å². The Balaban J connectivity index is 1.81. The molecule has 1 unspecified atom stereocenters. The summed E-state index contributed by atoms with van der Waals surface area (Å²) in [5.74, 6) is 2.09. The molecule has 0 aromatic carbocycles. The van der Waals surface area contributed by atoms with Gasteiger partial charge in [-0.15, -0.1) is 0 Å². The number of fused-ring (bicyclic) bond motifs is 3. The van der Waals surface area contributed by atoms with Crippen molar-refractivity contribution in [3.05, 3.63) is 29.6 Å². The Hall–Kier alpha value is -1.55. The maximum Gasteiger partial charge on any atom is 0.121 e. The van der Waals surface area contributed by atoms with Crippen LogP contribution in [0.25, 0.3) is 11.3 Å². The van der Waals surface area contributed by atoms with Crippen molar-refractivity contribution in [2.75, 3.05) is 0 Å². The second-order valence-corrected chi connectivity index (χ2v) is 4.96. The van der Waals surface area contributed by atoms with E-state index in [2.05, 4.69) is 24.1 Å². The molecule has 1 aliphatic rings. The number of nitrogens with zero attached hydrogens (tertiary/aromatic N) is 1. The van der Waals surface area contributed by atoms with Gasteiger partial charge >= 0.3 is 0 Å². The fraction of sp³-hybridized carbons (Fsp3) is 0.500. The summed E-state index contributed by atoms with van der Waals surface area (Å²) in [5.41, 5.74) is 3.47. The maximum absolute atomic E-state index is 5.47. The van der Waals surface area contributed by atoms with E-state index in [4.69, 9.17) is 9.40 Å². The molecule has 1 aliphatic carbocycles. The van der Waals surface area contributed by atoms with Gasteiger partial charge in [0.1, 0.15) is 11.6 Å². The molecule has 2 aromatic heterocycles. The summed E-state index contributed by atoms with van der Waals surface area (Å²) < 4.78 is 5.47. The zero-order chi connectivity index (χ0) is 12.5. The molecule has 1 atom stereocenters. The molecule has 0 radical (unpaired) electrons. The van der Waals surface area contributed by atoms with Crippen molar-refractivity contribution in [2.24, 2.45) is 0 Å². The molecule has 0 saturated heterocycles. The molecule has 0 amide bonds. The van der Waals surface area contributed by atoms with Gasteiger partial charge in [0, 0.05) is 23.7 Å². The van der Waals surface area contributed by atoms with Gasteiger partial charge in [-0.1, -0.05) is 6.92 Å². The fourth-order valence-corrected chi connectivity index (χ4v) is 2.35. The molecule has 18 heavy (non-hydrogen) atoms. The third kappa shape index (κ3) is 1.97. The lowest BCUT2D eigenvalue weighted by Gasteiger charge is -2.08. The van der Waals surface area contributed by atoms with E-state index >= 15 is 0 Å². The average molecular weight is 245 g/mol. The molecule has 0 fully saturated rings.